The zero-order valence-corrected chi connectivity index (χ0v) is 6.42. The lowest BCUT2D eigenvalue weighted by molar-refractivity contribution is -0.118. The third-order valence-electron chi connectivity index (χ3n) is 1.08. The van der Waals surface area contributed by atoms with Crippen LogP contribution >= 0.6 is 0 Å². The lowest BCUT2D eigenvalue weighted by Crippen LogP contribution is -2.11. The molecule has 0 saturated heterocycles. The van der Waals surface area contributed by atoms with E-state index in [2.05, 4.69) is 11.6 Å². The highest BCUT2D eigenvalue weighted by molar-refractivity contribution is 5.90. The number of carbonyl (C=O) groups excluding carboxylic acids is 1. The quantitative estimate of drug-likeness (QED) is 0.327. The topological polar surface area (TPSA) is 81.5 Å². The maximum atomic E-state index is 10.2. The van der Waals surface area contributed by atoms with Crippen LogP contribution in [0.25, 0.3) is 0 Å². The Kier molecular flexibility index (Phi) is 4.81. The van der Waals surface area contributed by atoms with Gasteiger partial charge in [0.25, 0.3) is 0 Å². The number of primary amides is 1. The Morgan fingerprint density at radius 2 is 2.18 bits per heavy atom. The highest BCUT2D eigenvalue weighted by atomic mass is 16.1. The Balaban J connectivity index is 3.41. The van der Waals surface area contributed by atoms with E-state index in [9.17, 15) is 4.79 Å². The summed E-state index contributed by atoms with van der Waals surface area (Å²) in [7, 11) is 0. The predicted octanol–water partition coefficient (Wildman–Crippen LogP) is -0.205. The van der Waals surface area contributed by atoms with E-state index in [1.165, 1.54) is 6.08 Å². The molecule has 4 N–H and O–H groups in total. The average molecular weight is 155 g/mol. The molecule has 0 saturated carbocycles. The highest BCUT2D eigenvalue weighted by Crippen LogP contribution is 1.87. The minimum absolute atomic E-state index is 0.308. The molecule has 0 atom stereocenters. The zero-order chi connectivity index (χ0) is 8.69. The molecule has 4 nitrogen and oxygen atoms in total. The lowest BCUT2D eigenvalue weighted by atomic mass is 10.3. The maximum Gasteiger partial charge on any atom is 0.217 e. The Morgan fingerprint density at radius 1 is 1.55 bits per heavy atom. The molecule has 0 fully saturated rings. The van der Waals surface area contributed by atoms with Crippen molar-refractivity contribution >= 4 is 11.7 Å². The van der Waals surface area contributed by atoms with Gasteiger partial charge >= 0.3 is 0 Å². The Morgan fingerprint density at radius 3 is 2.64 bits per heavy atom. The minimum Gasteiger partial charge on any atom is -0.384 e. The highest BCUT2D eigenvalue weighted by Gasteiger charge is 1.91. The van der Waals surface area contributed by atoms with Gasteiger partial charge in [-0.05, 0) is 12.5 Å². The Labute approximate surface area is 66.0 Å². The van der Waals surface area contributed by atoms with Gasteiger partial charge in [-0.1, -0.05) is 6.58 Å². The Bertz CT molecular complexity index is 175. The van der Waals surface area contributed by atoms with Gasteiger partial charge < -0.3 is 11.5 Å². The van der Waals surface area contributed by atoms with Gasteiger partial charge in [0.15, 0.2) is 0 Å². The number of aliphatic imine (C=N–C) groups is 1. The second-order valence-corrected chi connectivity index (χ2v) is 2.08. The Hall–Kier alpha value is -1.32. The molecule has 0 aliphatic rings. The molecule has 62 valence electrons. The van der Waals surface area contributed by atoms with E-state index in [1.54, 1.807) is 0 Å². The molecular weight excluding hydrogens is 142 g/mol. The standard InChI is InChI=1S/C7H13N3O/c1-2-6(8)10-5-3-4-7(9)11/h2H,1,3-5H2,(H2,8,10)(H2,9,11). The van der Waals surface area contributed by atoms with E-state index in [1.807, 2.05) is 0 Å². The normalized spacial score (nSPS) is 11.1. The van der Waals surface area contributed by atoms with Crippen LogP contribution in [0, 0.1) is 0 Å². The summed E-state index contributed by atoms with van der Waals surface area (Å²) in [6, 6.07) is 0. The van der Waals surface area contributed by atoms with Crippen LogP contribution in [-0.4, -0.2) is 18.3 Å². The number of rotatable bonds is 5. The summed E-state index contributed by atoms with van der Waals surface area (Å²) in [6.45, 7) is 3.96. The first-order valence-corrected chi connectivity index (χ1v) is 3.37. The number of nitrogens with two attached hydrogens (primary N) is 2. The summed E-state index contributed by atoms with van der Waals surface area (Å²) in [5, 5.41) is 0. The number of hydrogen-bond donors (Lipinski definition) is 2. The van der Waals surface area contributed by atoms with Crippen LogP contribution in [0.3, 0.4) is 0 Å². The van der Waals surface area contributed by atoms with Crippen molar-refractivity contribution in [3.63, 3.8) is 0 Å². The van der Waals surface area contributed by atoms with E-state index >= 15 is 0 Å². The zero-order valence-electron chi connectivity index (χ0n) is 6.42. The first-order valence-electron chi connectivity index (χ1n) is 3.37. The van der Waals surface area contributed by atoms with Crippen molar-refractivity contribution in [1.82, 2.24) is 0 Å². The number of nitrogens with zero attached hydrogens (tertiary/aromatic N) is 1. The first-order chi connectivity index (χ1) is 5.16. The monoisotopic (exact) mass is 155 g/mol. The number of carbonyl (C=O) groups is 1. The molecule has 0 bridgehead atoms. The van der Waals surface area contributed by atoms with E-state index in [0.717, 1.165) is 0 Å². The lowest BCUT2D eigenvalue weighted by Gasteiger charge is -1.93. The molecule has 0 aromatic heterocycles. The summed E-state index contributed by atoms with van der Waals surface area (Å²) in [6.07, 6.45) is 2.46. The van der Waals surface area contributed by atoms with E-state index < -0.39 is 0 Å². The fourth-order valence-corrected chi connectivity index (χ4v) is 0.526. The van der Waals surface area contributed by atoms with Crippen molar-refractivity contribution in [2.75, 3.05) is 6.54 Å². The molecule has 0 heterocycles. The predicted molar refractivity (Wildman–Crippen MR) is 45.1 cm³/mol. The second kappa shape index (κ2) is 5.46. The number of hydrogen-bond acceptors (Lipinski definition) is 2. The SMILES string of the molecule is C=CC(N)=NCCCC(N)=O. The van der Waals surface area contributed by atoms with Gasteiger partial charge in [0.05, 0.1) is 0 Å². The molecule has 0 radical (unpaired) electrons. The van der Waals surface area contributed by atoms with Crippen molar-refractivity contribution in [1.29, 1.82) is 0 Å². The summed E-state index contributed by atoms with van der Waals surface area (Å²) in [4.78, 5) is 14.1. The third kappa shape index (κ3) is 6.57. The van der Waals surface area contributed by atoms with Gasteiger partial charge in [-0.25, -0.2) is 0 Å². The molecule has 4 heteroatoms. The fourth-order valence-electron chi connectivity index (χ4n) is 0.526. The summed E-state index contributed by atoms with van der Waals surface area (Å²) in [5.41, 5.74) is 10.2. The fraction of sp³-hybridized carbons (Fsp3) is 0.429. The van der Waals surface area contributed by atoms with E-state index in [-0.39, 0.29) is 5.91 Å². The van der Waals surface area contributed by atoms with E-state index in [0.29, 0.717) is 25.2 Å². The van der Waals surface area contributed by atoms with Gasteiger partial charge in [0.1, 0.15) is 5.84 Å². The molecule has 0 unspecified atom stereocenters. The first kappa shape index (κ1) is 9.68. The van der Waals surface area contributed by atoms with Crippen LogP contribution < -0.4 is 11.5 Å². The van der Waals surface area contributed by atoms with Gasteiger partial charge in [-0.2, -0.15) is 0 Å². The van der Waals surface area contributed by atoms with Crippen LogP contribution in [0.15, 0.2) is 17.6 Å². The molecule has 0 aromatic carbocycles. The molecule has 0 rings (SSSR count). The number of amidine groups is 1. The van der Waals surface area contributed by atoms with E-state index in [4.69, 9.17) is 11.5 Å². The third-order valence-corrected chi connectivity index (χ3v) is 1.08. The van der Waals surface area contributed by atoms with Gasteiger partial charge in [0.2, 0.25) is 5.91 Å². The van der Waals surface area contributed by atoms with Crippen LogP contribution in [0.5, 0.6) is 0 Å². The van der Waals surface area contributed by atoms with Crippen LogP contribution in [0.4, 0.5) is 0 Å². The van der Waals surface area contributed by atoms with Gasteiger partial charge in [-0.15, -0.1) is 0 Å². The molecular formula is C7H13N3O. The van der Waals surface area contributed by atoms with Crippen molar-refractivity contribution in [3.8, 4) is 0 Å². The molecule has 0 spiro atoms. The molecule has 11 heavy (non-hydrogen) atoms. The van der Waals surface area contributed by atoms with Crippen LogP contribution in [0.2, 0.25) is 0 Å². The average Bonchev–Trinajstić information content (AvgIpc) is 1.97. The molecule has 0 aliphatic heterocycles. The maximum absolute atomic E-state index is 10.2. The largest absolute Gasteiger partial charge is 0.384 e. The summed E-state index contributed by atoms with van der Waals surface area (Å²) >= 11 is 0. The van der Waals surface area contributed by atoms with Gasteiger partial charge in [-0.3, -0.25) is 9.79 Å². The molecule has 0 aromatic rings. The van der Waals surface area contributed by atoms with Crippen LogP contribution in [0.1, 0.15) is 12.8 Å². The van der Waals surface area contributed by atoms with Crippen molar-refractivity contribution in [2.45, 2.75) is 12.8 Å². The molecule has 1 amide bonds. The van der Waals surface area contributed by atoms with Crippen molar-refractivity contribution in [2.24, 2.45) is 16.5 Å². The van der Waals surface area contributed by atoms with Crippen molar-refractivity contribution in [3.05, 3.63) is 12.7 Å². The smallest absolute Gasteiger partial charge is 0.217 e. The molecule has 0 aliphatic carbocycles. The minimum atomic E-state index is -0.308. The number of amides is 1. The second-order valence-electron chi connectivity index (χ2n) is 2.08. The summed E-state index contributed by atoms with van der Waals surface area (Å²) < 4.78 is 0. The van der Waals surface area contributed by atoms with Crippen LogP contribution in [-0.2, 0) is 4.79 Å². The summed E-state index contributed by atoms with van der Waals surface area (Å²) in [5.74, 6) is 0.0897. The van der Waals surface area contributed by atoms with Gasteiger partial charge in [0, 0.05) is 13.0 Å². The van der Waals surface area contributed by atoms with Crippen molar-refractivity contribution < 1.29 is 4.79 Å².